The summed E-state index contributed by atoms with van der Waals surface area (Å²) in [4.78, 5) is 32.6. The first kappa shape index (κ1) is 24.3. The number of pyridine rings is 1. The van der Waals surface area contributed by atoms with E-state index in [1.165, 1.54) is 19.0 Å². The second kappa shape index (κ2) is 9.38. The number of piperidine rings is 2. The van der Waals surface area contributed by atoms with E-state index in [1.807, 2.05) is 18.0 Å². The Kier molecular flexibility index (Phi) is 6.17. The summed E-state index contributed by atoms with van der Waals surface area (Å²) in [5.41, 5.74) is -0.358. The summed E-state index contributed by atoms with van der Waals surface area (Å²) < 4.78 is 21.0. The van der Waals surface area contributed by atoms with E-state index in [9.17, 15) is 9.18 Å². The van der Waals surface area contributed by atoms with Gasteiger partial charge in [0, 0.05) is 31.7 Å². The fourth-order valence-electron chi connectivity index (χ4n) is 6.08. The molecule has 1 N–H and O–H groups in total. The highest BCUT2D eigenvalue weighted by Crippen LogP contribution is 2.41. The molecule has 0 spiro atoms. The molecule has 3 aliphatic heterocycles. The number of hydrogen-bond acceptors (Lipinski definition) is 8. The van der Waals surface area contributed by atoms with Gasteiger partial charge in [0.1, 0.15) is 0 Å². The van der Waals surface area contributed by atoms with Crippen LogP contribution in [0, 0.1) is 11.7 Å². The molecule has 198 valence electrons. The van der Waals surface area contributed by atoms with E-state index in [0.29, 0.717) is 47.5 Å². The molecule has 1 amide bonds. The summed E-state index contributed by atoms with van der Waals surface area (Å²) in [6.45, 7) is 6.48. The summed E-state index contributed by atoms with van der Waals surface area (Å²) in [6, 6.07) is 2.47. The van der Waals surface area contributed by atoms with Gasteiger partial charge in [-0.25, -0.2) is 14.4 Å². The van der Waals surface area contributed by atoms with Crippen molar-refractivity contribution in [3.63, 3.8) is 0 Å². The molecule has 0 radical (unpaired) electrons. The van der Waals surface area contributed by atoms with Crippen molar-refractivity contribution in [1.82, 2.24) is 19.9 Å². The van der Waals surface area contributed by atoms with Crippen LogP contribution in [0.4, 0.5) is 27.7 Å². The van der Waals surface area contributed by atoms with Gasteiger partial charge in [0.05, 0.1) is 18.1 Å². The second-order valence-electron chi connectivity index (χ2n) is 11.4. The lowest BCUT2D eigenvalue weighted by molar-refractivity contribution is -0.132. The number of likely N-dealkylation sites (N-methyl/N-ethyl adjacent to an activating group) is 1. The average Bonchev–Trinajstić information content (AvgIpc) is 3.71. The summed E-state index contributed by atoms with van der Waals surface area (Å²) in [6.07, 6.45) is 10.9. The van der Waals surface area contributed by atoms with Crippen molar-refractivity contribution < 1.29 is 13.9 Å². The molecule has 0 aromatic carbocycles. The lowest BCUT2D eigenvalue weighted by Crippen LogP contribution is -2.56. The number of anilines is 4. The fraction of sp³-hybridized carbons (Fsp3) is 0.630. The highest BCUT2D eigenvalue weighted by atomic mass is 19.1. The Morgan fingerprint density at radius 3 is 2.76 bits per heavy atom. The predicted octanol–water partition coefficient (Wildman–Crippen LogP) is 4.12. The molecular formula is C27H36FN7O2. The monoisotopic (exact) mass is 509 g/mol. The van der Waals surface area contributed by atoms with Crippen LogP contribution in [0.5, 0.6) is 5.75 Å². The molecule has 3 fully saturated rings. The molecule has 1 aliphatic carbocycles. The number of hydrogen-bond donors (Lipinski definition) is 1. The third-order valence-corrected chi connectivity index (χ3v) is 8.22. The van der Waals surface area contributed by atoms with Gasteiger partial charge in [-0.05, 0) is 71.4 Å². The van der Waals surface area contributed by atoms with E-state index in [1.54, 1.807) is 24.9 Å². The first-order valence-corrected chi connectivity index (χ1v) is 13.6. The highest BCUT2D eigenvalue weighted by Gasteiger charge is 2.43. The van der Waals surface area contributed by atoms with Crippen molar-refractivity contribution in [2.24, 2.45) is 5.92 Å². The quantitative estimate of drug-likeness (QED) is 0.622. The maximum absolute atomic E-state index is 15.0. The van der Waals surface area contributed by atoms with Gasteiger partial charge in [-0.15, -0.1) is 0 Å². The minimum absolute atomic E-state index is 0.0751. The average molecular weight is 510 g/mol. The minimum Gasteiger partial charge on any atom is -0.474 e. The number of carbonyl (C=O) groups is 1. The van der Waals surface area contributed by atoms with Gasteiger partial charge >= 0.3 is 0 Å². The van der Waals surface area contributed by atoms with Crippen molar-refractivity contribution >= 4 is 29.2 Å². The van der Waals surface area contributed by atoms with Crippen LogP contribution in [0.15, 0.2) is 18.5 Å². The lowest BCUT2D eigenvalue weighted by Gasteiger charge is -2.47. The summed E-state index contributed by atoms with van der Waals surface area (Å²) >= 11 is 0. The molecule has 2 aromatic heterocycles. The Morgan fingerprint density at radius 1 is 1.14 bits per heavy atom. The Hall–Kier alpha value is -3.01. The molecule has 5 heterocycles. The molecule has 37 heavy (non-hydrogen) atoms. The zero-order valence-electron chi connectivity index (χ0n) is 21.9. The highest BCUT2D eigenvalue weighted by molar-refractivity contribution is 6.01. The van der Waals surface area contributed by atoms with Crippen molar-refractivity contribution in [2.75, 3.05) is 41.8 Å². The fourth-order valence-corrected chi connectivity index (χ4v) is 6.08. The van der Waals surface area contributed by atoms with Gasteiger partial charge in [-0.3, -0.25) is 14.6 Å². The van der Waals surface area contributed by atoms with Crippen LogP contribution < -0.4 is 19.9 Å². The minimum atomic E-state index is -0.975. The van der Waals surface area contributed by atoms with Crippen molar-refractivity contribution in [2.45, 2.75) is 76.5 Å². The first-order chi connectivity index (χ1) is 17.8. The van der Waals surface area contributed by atoms with Crippen LogP contribution in [0.25, 0.3) is 0 Å². The molecule has 0 unspecified atom stereocenters. The normalized spacial score (nSPS) is 25.2. The maximum Gasteiger partial charge on any atom is 0.271 e. The van der Waals surface area contributed by atoms with Gasteiger partial charge in [0.25, 0.3) is 5.91 Å². The van der Waals surface area contributed by atoms with E-state index in [2.05, 4.69) is 25.2 Å². The summed E-state index contributed by atoms with van der Waals surface area (Å²) in [5.74, 6) is 1.70. The molecule has 4 aliphatic rings. The Bertz CT molecular complexity index is 1190. The summed E-state index contributed by atoms with van der Waals surface area (Å²) in [7, 11) is 1.94. The molecule has 2 aromatic rings. The Labute approximate surface area is 217 Å². The topological polar surface area (TPSA) is 86.7 Å². The number of nitrogens with zero attached hydrogens (tertiary/aromatic N) is 6. The number of rotatable bonds is 6. The molecule has 6 rings (SSSR count). The van der Waals surface area contributed by atoms with Gasteiger partial charge in [-0.2, -0.15) is 4.98 Å². The molecule has 10 heteroatoms. The molecule has 2 saturated heterocycles. The van der Waals surface area contributed by atoms with Crippen molar-refractivity contribution in [3.05, 3.63) is 24.3 Å². The van der Waals surface area contributed by atoms with Crippen molar-refractivity contribution in [1.29, 1.82) is 0 Å². The second-order valence-corrected chi connectivity index (χ2v) is 11.4. The Morgan fingerprint density at radius 2 is 1.95 bits per heavy atom. The number of nitrogens with one attached hydrogen (secondary N) is 1. The standard InChI is InChI=1S/C27H36FN7O2/c1-27(2)25(36)35(16-17-9-10-17)24-22(37-27)13-18(14-29-24)31-26-30-15-19(28)23(32-26)33(3)20-8-6-12-34-11-5-4-7-21(20)34/h13-15,17,20-21H,4-12,16H2,1-3H3,(H,30,31,32)/t20-,21+/m0/s1. The van der Waals surface area contributed by atoms with Gasteiger partial charge in [-0.1, -0.05) is 6.42 Å². The van der Waals surface area contributed by atoms with E-state index < -0.39 is 11.4 Å². The number of carbonyl (C=O) groups excluding carboxylic acids is 1. The molecule has 2 atom stereocenters. The smallest absolute Gasteiger partial charge is 0.271 e. The number of amides is 1. The van der Waals surface area contributed by atoms with Crippen LogP contribution in [0.2, 0.25) is 0 Å². The van der Waals surface area contributed by atoms with Crippen LogP contribution >= 0.6 is 0 Å². The lowest BCUT2D eigenvalue weighted by atomic mass is 9.88. The summed E-state index contributed by atoms with van der Waals surface area (Å²) in [5, 5.41) is 3.17. The van der Waals surface area contributed by atoms with Crippen LogP contribution in [-0.4, -0.2) is 70.1 Å². The predicted molar refractivity (Wildman–Crippen MR) is 140 cm³/mol. The third kappa shape index (κ3) is 4.71. The van der Waals surface area contributed by atoms with E-state index >= 15 is 0 Å². The van der Waals surface area contributed by atoms with Gasteiger partial charge < -0.3 is 15.0 Å². The largest absolute Gasteiger partial charge is 0.474 e. The third-order valence-electron chi connectivity index (χ3n) is 8.22. The number of halogens is 1. The molecule has 9 nitrogen and oxygen atoms in total. The van der Waals surface area contributed by atoms with E-state index in [4.69, 9.17) is 4.74 Å². The van der Waals surface area contributed by atoms with Gasteiger partial charge in [0.2, 0.25) is 5.95 Å². The first-order valence-electron chi connectivity index (χ1n) is 13.6. The molecular weight excluding hydrogens is 473 g/mol. The number of ether oxygens (including phenoxy) is 1. The van der Waals surface area contributed by atoms with E-state index in [0.717, 1.165) is 45.2 Å². The zero-order valence-corrected chi connectivity index (χ0v) is 21.9. The van der Waals surface area contributed by atoms with Crippen molar-refractivity contribution in [3.8, 4) is 5.75 Å². The molecule has 0 bridgehead atoms. The van der Waals surface area contributed by atoms with E-state index in [-0.39, 0.29) is 11.9 Å². The van der Waals surface area contributed by atoms with Gasteiger partial charge in [0.15, 0.2) is 28.8 Å². The van der Waals surface area contributed by atoms with Crippen LogP contribution in [0.3, 0.4) is 0 Å². The maximum atomic E-state index is 15.0. The van der Waals surface area contributed by atoms with Crippen LogP contribution in [-0.2, 0) is 4.79 Å². The zero-order chi connectivity index (χ0) is 25.7. The number of fused-ring (bicyclic) bond motifs is 2. The molecule has 1 saturated carbocycles. The Balaban J connectivity index is 1.23. The number of aromatic nitrogens is 3. The SMILES string of the molecule is CN(c1nc(Nc2cnc3c(c2)OC(C)(C)C(=O)N3CC2CC2)ncc1F)[C@H]1CCCN2CCCC[C@H]12. The van der Waals surface area contributed by atoms with Crippen LogP contribution in [0.1, 0.15) is 58.8 Å².